The molecule has 1 saturated heterocycles. The molecule has 4 rings (SSSR count). The highest BCUT2D eigenvalue weighted by Gasteiger charge is 2.41. The number of nitrogens with zero attached hydrogens (tertiary/aromatic N) is 3. The van der Waals surface area contributed by atoms with Crippen LogP contribution in [-0.4, -0.2) is 21.8 Å². The minimum atomic E-state index is -0.0503. The average molecular weight is 407 g/mol. The molecule has 150 valence electrons. The van der Waals surface area contributed by atoms with E-state index in [2.05, 4.69) is 65.1 Å². The highest BCUT2D eigenvalue weighted by molar-refractivity contribution is 7.80. The summed E-state index contributed by atoms with van der Waals surface area (Å²) in [7, 11) is 1.68. The predicted octanol–water partition coefficient (Wildman–Crippen LogP) is 4.82. The van der Waals surface area contributed by atoms with E-state index in [1.807, 2.05) is 42.6 Å². The summed E-state index contributed by atoms with van der Waals surface area (Å²) in [4.78, 5) is 6.77. The van der Waals surface area contributed by atoms with Crippen LogP contribution in [0.1, 0.15) is 44.1 Å². The number of benzene rings is 1. The van der Waals surface area contributed by atoms with Gasteiger partial charge in [0.05, 0.1) is 24.9 Å². The Balaban J connectivity index is 1.82. The molecule has 1 aliphatic rings. The molecule has 3 heterocycles. The Bertz CT molecular complexity index is 1010. The lowest BCUT2D eigenvalue weighted by molar-refractivity contribution is 0.397. The summed E-state index contributed by atoms with van der Waals surface area (Å²) >= 11 is 5.78. The van der Waals surface area contributed by atoms with E-state index in [0.717, 1.165) is 17.1 Å². The largest absolute Gasteiger partial charge is 0.497 e. The smallest absolute Gasteiger partial charge is 0.174 e. The summed E-state index contributed by atoms with van der Waals surface area (Å²) in [5.74, 6) is 0.803. The van der Waals surface area contributed by atoms with E-state index < -0.39 is 0 Å². The van der Waals surface area contributed by atoms with Crippen molar-refractivity contribution >= 4 is 23.0 Å². The zero-order valence-corrected chi connectivity index (χ0v) is 18.0. The molecule has 6 heteroatoms. The van der Waals surface area contributed by atoms with Crippen LogP contribution in [0.3, 0.4) is 0 Å². The zero-order chi connectivity index (χ0) is 20.6. The molecule has 2 atom stereocenters. The van der Waals surface area contributed by atoms with Gasteiger partial charge in [-0.05, 0) is 68.9 Å². The third-order valence-corrected chi connectivity index (χ3v) is 5.58. The van der Waals surface area contributed by atoms with Crippen LogP contribution < -0.4 is 15.0 Å². The molecule has 0 amide bonds. The number of thiocarbonyl (C=S) groups is 1. The van der Waals surface area contributed by atoms with Crippen LogP contribution in [0.15, 0.2) is 67.1 Å². The van der Waals surface area contributed by atoms with Crippen molar-refractivity contribution < 1.29 is 4.74 Å². The van der Waals surface area contributed by atoms with Crippen molar-refractivity contribution in [3.63, 3.8) is 0 Å². The quantitative estimate of drug-likeness (QED) is 0.629. The first-order valence-electron chi connectivity index (χ1n) is 9.71. The molecule has 1 aliphatic heterocycles. The van der Waals surface area contributed by atoms with Crippen molar-refractivity contribution in [3.8, 4) is 5.75 Å². The predicted molar refractivity (Wildman–Crippen MR) is 120 cm³/mol. The van der Waals surface area contributed by atoms with Gasteiger partial charge in [0.25, 0.3) is 0 Å². The summed E-state index contributed by atoms with van der Waals surface area (Å²) in [6.45, 7) is 6.60. The Hall–Kier alpha value is -2.86. The first-order valence-corrected chi connectivity index (χ1v) is 10.1. The Labute approximate surface area is 177 Å². The third kappa shape index (κ3) is 3.72. The first-order chi connectivity index (χ1) is 13.9. The second-order valence-corrected chi connectivity index (χ2v) is 8.61. The van der Waals surface area contributed by atoms with Crippen molar-refractivity contribution in [1.29, 1.82) is 0 Å². The molecule has 1 N–H and O–H groups in total. The minimum absolute atomic E-state index is 0.00603. The summed E-state index contributed by atoms with van der Waals surface area (Å²) in [5.41, 5.74) is 3.15. The lowest BCUT2D eigenvalue weighted by atomic mass is 9.98. The normalized spacial score (nSPS) is 19.3. The van der Waals surface area contributed by atoms with Crippen LogP contribution in [0.25, 0.3) is 0 Å². The van der Waals surface area contributed by atoms with Crippen LogP contribution in [0.2, 0.25) is 0 Å². The van der Waals surface area contributed by atoms with Gasteiger partial charge >= 0.3 is 0 Å². The molecule has 0 unspecified atom stereocenters. The summed E-state index contributed by atoms with van der Waals surface area (Å²) in [5, 5.41) is 4.18. The van der Waals surface area contributed by atoms with Gasteiger partial charge in [-0.2, -0.15) is 0 Å². The van der Waals surface area contributed by atoms with Crippen LogP contribution in [-0.2, 0) is 5.54 Å². The van der Waals surface area contributed by atoms with Crippen molar-refractivity contribution in [1.82, 2.24) is 14.9 Å². The highest BCUT2D eigenvalue weighted by atomic mass is 32.1. The van der Waals surface area contributed by atoms with E-state index >= 15 is 0 Å². The number of anilines is 1. The van der Waals surface area contributed by atoms with E-state index in [0.29, 0.717) is 5.11 Å². The Kier molecular flexibility index (Phi) is 5.04. The van der Waals surface area contributed by atoms with Crippen molar-refractivity contribution in [2.75, 3.05) is 12.0 Å². The van der Waals surface area contributed by atoms with Gasteiger partial charge in [0, 0.05) is 35.9 Å². The van der Waals surface area contributed by atoms with Gasteiger partial charge in [-0.25, -0.2) is 0 Å². The van der Waals surface area contributed by atoms with Crippen LogP contribution in [0.4, 0.5) is 5.69 Å². The number of hydrogen-bond acceptors (Lipinski definition) is 3. The summed E-state index contributed by atoms with van der Waals surface area (Å²) < 4.78 is 7.68. The van der Waals surface area contributed by atoms with Crippen molar-refractivity contribution in [2.24, 2.45) is 0 Å². The number of hydrogen-bond donors (Lipinski definition) is 1. The maximum Gasteiger partial charge on any atom is 0.174 e. The van der Waals surface area contributed by atoms with Crippen LogP contribution in [0.5, 0.6) is 5.75 Å². The molecule has 5 nitrogen and oxygen atoms in total. The van der Waals surface area contributed by atoms with Gasteiger partial charge in [0.1, 0.15) is 5.75 Å². The van der Waals surface area contributed by atoms with Gasteiger partial charge in [0.15, 0.2) is 5.11 Å². The second-order valence-electron chi connectivity index (χ2n) is 8.22. The summed E-state index contributed by atoms with van der Waals surface area (Å²) in [6, 6.07) is 16.1. The Morgan fingerprint density at radius 1 is 1.10 bits per heavy atom. The molecule has 0 spiro atoms. The molecule has 0 saturated carbocycles. The van der Waals surface area contributed by atoms with Gasteiger partial charge < -0.3 is 19.5 Å². The van der Waals surface area contributed by atoms with Gasteiger partial charge in [-0.1, -0.05) is 12.1 Å². The second kappa shape index (κ2) is 7.52. The molecule has 2 aromatic heterocycles. The Morgan fingerprint density at radius 2 is 1.93 bits per heavy atom. The third-order valence-electron chi connectivity index (χ3n) is 5.26. The number of aromatic nitrogens is 2. The lowest BCUT2D eigenvalue weighted by Crippen LogP contribution is -2.29. The lowest BCUT2D eigenvalue weighted by Gasteiger charge is -2.28. The van der Waals surface area contributed by atoms with Crippen molar-refractivity contribution in [2.45, 2.75) is 38.4 Å². The number of methoxy groups -OCH3 is 1. The van der Waals surface area contributed by atoms with Gasteiger partial charge in [-0.15, -0.1) is 0 Å². The molecule has 3 aromatic rings. The number of rotatable bonds is 4. The molecule has 29 heavy (non-hydrogen) atoms. The maximum atomic E-state index is 5.78. The van der Waals surface area contributed by atoms with E-state index in [1.54, 1.807) is 7.11 Å². The molecular formula is C23H26N4OS. The molecule has 0 aliphatic carbocycles. The fourth-order valence-corrected chi connectivity index (χ4v) is 4.08. The molecule has 0 radical (unpaired) electrons. The van der Waals surface area contributed by atoms with Crippen LogP contribution >= 0.6 is 12.2 Å². The number of pyridine rings is 1. The molecule has 1 aromatic carbocycles. The monoisotopic (exact) mass is 406 g/mol. The van der Waals surface area contributed by atoms with E-state index in [9.17, 15) is 0 Å². The SMILES string of the molecule is COc1cccc(N2C(=S)N[C@H](c3ccccn3)[C@H]2c2ccn(C(C)(C)C)c2)c1. The molecule has 0 bridgehead atoms. The molecule has 1 fully saturated rings. The van der Waals surface area contributed by atoms with E-state index in [-0.39, 0.29) is 17.6 Å². The molecular weight excluding hydrogens is 380 g/mol. The fourth-order valence-electron chi connectivity index (χ4n) is 3.74. The standard InChI is InChI=1S/C23H26N4OS/c1-23(2,3)26-13-11-16(15-26)21-20(19-10-5-6-12-24-19)25-22(29)27(21)17-8-7-9-18(14-17)28-4/h5-15,20-21H,1-4H3,(H,25,29)/t20-,21-/m1/s1. The highest BCUT2D eigenvalue weighted by Crippen LogP contribution is 2.42. The minimum Gasteiger partial charge on any atom is -0.497 e. The van der Waals surface area contributed by atoms with Gasteiger partial charge in [0.2, 0.25) is 0 Å². The first kappa shape index (κ1) is 19.5. The van der Waals surface area contributed by atoms with Gasteiger partial charge in [-0.3, -0.25) is 4.98 Å². The van der Waals surface area contributed by atoms with E-state index in [4.69, 9.17) is 17.0 Å². The Morgan fingerprint density at radius 3 is 2.59 bits per heavy atom. The number of nitrogens with one attached hydrogen (secondary N) is 1. The fraction of sp³-hybridized carbons (Fsp3) is 0.304. The average Bonchev–Trinajstić information content (AvgIpc) is 3.33. The number of ether oxygens (including phenoxy) is 1. The van der Waals surface area contributed by atoms with Crippen molar-refractivity contribution in [3.05, 3.63) is 78.4 Å². The summed E-state index contributed by atoms with van der Waals surface area (Å²) in [6.07, 6.45) is 6.17. The maximum absolute atomic E-state index is 5.78. The topological polar surface area (TPSA) is 42.3 Å². The van der Waals surface area contributed by atoms with Crippen LogP contribution in [0, 0.1) is 0 Å². The van der Waals surface area contributed by atoms with E-state index in [1.165, 1.54) is 5.56 Å². The zero-order valence-electron chi connectivity index (χ0n) is 17.2.